The molecule has 134 valence electrons. The van der Waals surface area contributed by atoms with Crippen molar-refractivity contribution in [3.05, 3.63) is 59.5 Å². The molecule has 0 amide bonds. The van der Waals surface area contributed by atoms with Crippen molar-refractivity contribution in [1.82, 2.24) is 10.4 Å². The monoisotopic (exact) mass is 367 g/mol. The number of hydrogen-bond acceptors (Lipinski definition) is 5. The Kier molecular flexibility index (Phi) is 5.83. The molecule has 0 radical (unpaired) electrons. The second-order valence-corrected chi connectivity index (χ2v) is 6.41. The van der Waals surface area contributed by atoms with E-state index in [-0.39, 0.29) is 0 Å². The molecule has 1 heterocycles. The van der Waals surface area contributed by atoms with Gasteiger partial charge in [0.1, 0.15) is 5.75 Å². The minimum Gasteiger partial charge on any atom is -0.494 e. The minimum atomic E-state index is 0.416. The van der Waals surface area contributed by atoms with E-state index in [1.807, 2.05) is 36.6 Å². The van der Waals surface area contributed by atoms with Gasteiger partial charge in [-0.3, -0.25) is 5.43 Å². The third-order valence-electron chi connectivity index (χ3n) is 3.61. The van der Waals surface area contributed by atoms with Crippen molar-refractivity contribution < 1.29 is 4.74 Å². The number of anilines is 1. The molecule has 26 heavy (non-hydrogen) atoms. The zero-order valence-electron chi connectivity index (χ0n) is 14.7. The smallest absolute Gasteiger partial charge is 0.217 e. The number of benzene rings is 2. The van der Waals surface area contributed by atoms with Crippen molar-refractivity contribution in [2.45, 2.75) is 13.8 Å². The first-order chi connectivity index (χ1) is 12.7. The maximum atomic E-state index is 5.59. The molecule has 0 bridgehead atoms. The molecule has 0 spiro atoms. The van der Waals surface area contributed by atoms with Gasteiger partial charge in [-0.05, 0) is 38.1 Å². The van der Waals surface area contributed by atoms with Gasteiger partial charge < -0.3 is 10.1 Å². The van der Waals surface area contributed by atoms with Crippen LogP contribution in [0.3, 0.4) is 0 Å². The van der Waals surface area contributed by atoms with Gasteiger partial charge >= 0.3 is 0 Å². The Hall–Kier alpha value is -2.90. The molecule has 0 aliphatic heterocycles. The van der Waals surface area contributed by atoms with E-state index in [1.165, 1.54) is 16.9 Å². The Labute approximate surface area is 156 Å². The van der Waals surface area contributed by atoms with Crippen LogP contribution >= 0.6 is 11.3 Å². The highest BCUT2D eigenvalue weighted by atomic mass is 32.1. The summed E-state index contributed by atoms with van der Waals surface area (Å²) in [5.74, 6) is 6.82. The fraction of sp³-hybridized carbons (Fsp3) is 0.158. The number of thiazole rings is 1. The SMILES string of the molecule is CCOc1ccc(N/C(=N/c2nc(-c3ccc(C)cc3)cs2)NN)cc1. The van der Waals surface area contributed by atoms with Crippen LogP contribution in [0.2, 0.25) is 0 Å². The van der Waals surface area contributed by atoms with Crippen LogP contribution in [0.15, 0.2) is 58.9 Å². The Bertz CT molecular complexity index is 872. The lowest BCUT2D eigenvalue weighted by atomic mass is 10.1. The summed E-state index contributed by atoms with van der Waals surface area (Å²) in [6.07, 6.45) is 0. The van der Waals surface area contributed by atoms with E-state index in [4.69, 9.17) is 10.6 Å². The van der Waals surface area contributed by atoms with Crippen LogP contribution in [-0.4, -0.2) is 17.6 Å². The number of nitrogens with zero attached hydrogens (tertiary/aromatic N) is 2. The summed E-state index contributed by atoms with van der Waals surface area (Å²) in [4.78, 5) is 8.99. The van der Waals surface area contributed by atoms with Gasteiger partial charge in [-0.25, -0.2) is 10.8 Å². The number of ether oxygens (including phenoxy) is 1. The lowest BCUT2D eigenvalue weighted by molar-refractivity contribution is 0.340. The largest absolute Gasteiger partial charge is 0.494 e. The van der Waals surface area contributed by atoms with Gasteiger partial charge in [0.15, 0.2) is 0 Å². The van der Waals surface area contributed by atoms with Gasteiger partial charge in [0.25, 0.3) is 0 Å². The van der Waals surface area contributed by atoms with E-state index < -0.39 is 0 Å². The summed E-state index contributed by atoms with van der Waals surface area (Å²) in [6, 6.07) is 15.8. The van der Waals surface area contributed by atoms with Crippen LogP contribution in [0.1, 0.15) is 12.5 Å². The number of guanidine groups is 1. The molecule has 0 atom stereocenters. The lowest BCUT2D eigenvalue weighted by Gasteiger charge is -2.09. The normalized spacial score (nSPS) is 11.3. The number of hydrogen-bond donors (Lipinski definition) is 3. The second kappa shape index (κ2) is 8.46. The standard InChI is InChI=1S/C19H21N5OS/c1-3-25-16-10-8-15(9-11-16)21-18(24-20)23-19-22-17(12-26-19)14-6-4-13(2)5-7-14/h4-12H,3,20H2,1-2H3,(H2,21,22,23,24). The Morgan fingerprint density at radius 3 is 2.54 bits per heavy atom. The molecule has 3 aromatic rings. The summed E-state index contributed by atoms with van der Waals surface area (Å²) in [5, 5.41) is 5.73. The average molecular weight is 367 g/mol. The van der Waals surface area contributed by atoms with Crippen molar-refractivity contribution in [1.29, 1.82) is 0 Å². The van der Waals surface area contributed by atoms with Crippen LogP contribution in [0, 0.1) is 6.92 Å². The molecular formula is C19H21N5OS. The third-order valence-corrected chi connectivity index (χ3v) is 4.35. The topological polar surface area (TPSA) is 84.6 Å². The predicted octanol–water partition coefficient (Wildman–Crippen LogP) is 4.08. The van der Waals surface area contributed by atoms with Gasteiger partial charge in [-0.1, -0.05) is 29.8 Å². The molecule has 0 fully saturated rings. The van der Waals surface area contributed by atoms with Crippen LogP contribution < -0.4 is 21.3 Å². The first-order valence-corrected chi connectivity index (χ1v) is 9.13. The maximum absolute atomic E-state index is 5.59. The van der Waals surface area contributed by atoms with Gasteiger partial charge in [0.05, 0.1) is 12.3 Å². The summed E-state index contributed by atoms with van der Waals surface area (Å²) in [6.45, 7) is 4.65. The molecule has 3 rings (SSSR count). The minimum absolute atomic E-state index is 0.416. The Balaban J connectivity index is 1.73. The molecule has 7 heteroatoms. The van der Waals surface area contributed by atoms with Crippen molar-refractivity contribution in [3.8, 4) is 17.0 Å². The summed E-state index contributed by atoms with van der Waals surface area (Å²) in [7, 11) is 0. The zero-order chi connectivity index (χ0) is 18.4. The molecule has 0 saturated heterocycles. The van der Waals surface area contributed by atoms with Crippen molar-refractivity contribution in [2.24, 2.45) is 10.8 Å². The van der Waals surface area contributed by atoms with Gasteiger partial charge in [-0.15, -0.1) is 11.3 Å². The highest BCUT2D eigenvalue weighted by molar-refractivity contribution is 7.13. The third kappa shape index (κ3) is 4.59. The van der Waals surface area contributed by atoms with Gasteiger partial charge in [0.2, 0.25) is 11.1 Å². The first-order valence-electron chi connectivity index (χ1n) is 8.25. The summed E-state index contributed by atoms with van der Waals surface area (Å²) >= 11 is 1.46. The summed E-state index contributed by atoms with van der Waals surface area (Å²) < 4.78 is 5.43. The number of nitrogens with two attached hydrogens (primary N) is 1. The highest BCUT2D eigenvalue weighted by Gasteiger charge is 2.06. The molecule has 6 nitrogen and oxygen atoms in total. The number of aromatic nitrogens is 1. The van der Waals surface area contributed by atoms with Crippen LogP contribution in [-0.2, 0) is 0 Å². The number of hydrazine groups is 1. The molecule has 0 aliphatic carbocycles. The summed E-state index contributed by atoms with van der Waals surface area (Å²) in [5.41, 5.74) is 6.60. The van der Waals surface area contributed by atoms with Crippen LogP contribution in [0.4, 0.5) is 10.8 Å². The van der Waals surface area contributed by atoms with Gasteiger partial charge in [0, 0.05) is 16.6 Å². The predicted molar refractivity (Wildman–Crippen MR) is 108 cm³/mol. The fourth-order valence-electron chi connectivity index (χ4n) is 2.30. The van der Waals surface area contributed by atoms with Gasteiger partial charge in [-0.2, -0.15) is 4.99 Å². The van der Waals surface area contributed by atoms with Crippen molar-refractivity contribution >= 4 is 28.1 Å². The molecule has 0 saturated carbocycles. The Morgan fingerprint density at radius 2 is 1.88 bits per heavy atom. The number of aliphatic imine (C=N–C) groups is 1. The zero-order valence-corrected chi connectivity index (χ0v) is 15.5. The molecule has 0 unspecified atom stereocenters. The van der Waals surface area contributed by atoms with Crippen LogP contribution in [0.5, 0.6) is 5.75 Å². The lowest BCUT2D eigenvalue weighted by Crippen LogP contribution is -2.35. The van der Waals surface area contributed by atoms with E-state index in [0.29, 0.717) is 17.7 Å². The average Bonchev–Trinajstić information content (AvgIpc) is 3.12. The second-order valence-electron chi connectivity index (χ2n) is 5.57. The molecular weight excluding hydrogens is 346 g/mol. The highest BCUT2D eigenvalue weighted by Crippen LogP contribution is 2.27. The number of aryl methyl sites for hydroxylation is 1. The van der Waals surface area contributed by atoms with E-state index >= 15 is 0 Å². The molecule has 4 N–H and O–H groups in total. The first kappa shape index (κ1) is 17.9. The van der Waals surface area contributed by atoms with Crippen LogP contribution in [0.25, 0.3) is 11.3 Å². The number of nitrogens with one attached hydrogen (secondary N) is 2. The van der Waals surface area contributed by atoms with E-state index in [0.717, 1.165) is 22.7 Å². The van der Waals surface area contributed by atoms with E-state index in [1.54, 1.807) is 0 Å². The number of rotatable bonds is 5. The van der Waals surface area contributed by atoms with Crippen molar-refractivity contribution in [2.75, 3.05) is 11.9 Å². The molecule has 0 aliphatic rings. The van der Waals surface area contributed by atoms with E-state index in [2.05, 4.69) is 51.9 Å². The Morgan fingerprint density at radius 1 is 1.15 bits per heavy atom. The fourth-order valence-corrected chi connectivity index (χ4v) is 3.00. The van der Waals surface area contributed by atoms with Crippen molar-refractivity contribution in [3.63, 3.8) is 0 Å². The molecule has 2 aromatic carbocycles. The van der Waals surface area contributed by atoms with E-state index in [9.17, 15) is 0 Å². The molecule has 1 aromatic heterocycles. The maximum Gasteiger partial charge on any atom is 0.217 e. The quantitative estimate of drug-likeness (QED) is 0.274.